The molecule has 0 aliphatic rings. The third-order valence-electron chi connectivity index (χ3n) is 3.99. The van der Waals surface area contributed by atoms with Gasteiger partial charge in [-0.2, -0.15) is 0 Å². The minimum absolute atomic E-state index is 0.361. The highest BCUT2D eigenvalue weighted by molar-refractivity contribution is 5.81. The van der Waals surface area contributed by atoms with Gasteiger partial charge < -0.3 is 19.3 Å². The van der Waals surface area contributed by atoms with Gasteiger partial charge in [-0.15, -0.1) is 0 Å². The second-order valence-electron chi connectivity index (χ2n) is 5.91. The maximum Gasteiger partial charge on any atom is 0.330 e. The number of rotatable bonds is 10. The number of benzene rings is 2. The summed E-state index contributed by atoms with van der Waals surface area (Å²) < 4.78 is 16.3. The van der Waals surface area contributed by atoms with Crippen molar-refractivity contribution in [1.29, 1.82) is 0 Å². The Labute approximate surface area is 160 Å². The van der Waals surface area contributed by atoms with Gasteiger partial charge in [0.15, 0.2) is 0 Å². The quantitative estimate of drug-likeness (QED) is 0.508. The van der Waals surface area contributed by atoms with Crippen LogP contribution in [0.15, 0.2) is 61.2 Å². The first-order chi connectivity index (χ1) is 13.1. The average Bonchev–Trinajstić information content (AvgIpc) is 2.69. The molecule has 144 valence electrons. The number of carbonyl (C=O) groups excluding carboxylic acids is 1. The molecule has 0 radical (unpaired) electrons. The Kier molecular flexibility index (Phi) is 7.89. The summed E-state index contributed by atoms with van der Waals surface area (Å²) >= 11 is 0. The van der Waals surface area contributed by atoms with Crippen molar-refractivity contribution in [1.82, 2.24) is 0 Å². The van der Waals surface area contributed by atoms with Gasteiger partial charge in [-0.25, -0.2) is 4.79 Å². The van der Waals surface area contributed by atoms with Gasteiger partial charge in [0.05, 0.1) is 13.2 Å². The molecule has 0 spiro atoms. The highest BCUT2D eigenvalue weighted by Gasteiger charge is 2.25. The van der Waals surface area contributed by atoms with Crippen molar-refractivity contribution in [3.8, 4) is 11.5 Å². The Balaban J connectivity index is 2.16. The minimum Gasteiger partial charge on any atom is -0.494 e. The topological polar surface area (TPSA) is 65.0 Å². The van der Waals surface area contributed by atoms with Crippen LogP contribution in [-0.4, -0.2) is 30.4 Å². The van der Waals surface area contributed by atoms with Crippen LogP contribution in [-0.2, 0) is 16.0 Å². The number of aliphatic hydroxyl groups excluding tert-OH is 1. The van der Waals surface area contributed by atoms with E-state index in [9.17, 15) is 9.90 Å². The van der Waals surface area contributed by atoms with Crippen LogP contribution in [0.5, 0.6) is 11.5 Å². The maximum absolute atomic E-state index is 11.7. The zero-order valence-electron chi connectivity index (χ0n) is 15.8. The van der Waals surface area contributed by atoms with Crippen LogP contribution in [0, 0.1) is 0 Å². The number of ether oxygens (including phenoxy) is 3. The zero-order chi connectivity index (χ0) is 19.6. The monoisotopic (exact) mass is 370 g/mol. The standard InChI is InChI=1S/C22H26O5/c1-4-21(23)27-20(15-16-7-11-18(12-8-16)25-5-2)22(24)17-9-13-19(14-10-17)26-6-3/h4,7-14,20,22,24H,1,5-6,15H2,2-3H3. The number of esters is 1. The first kappa shape index (κ1) is 20.5. The predicted molar refractivity (Wildman–Crippen MR) is 104 cm³/mol. The summed E-state index contributed by atoms with van der Waals surface area (Å²) in [6.07, 6.45) is -0.265. The lowest BCUT2D eigenvalue weighted by atomic mass is 9.98. The van der Waals surface area contributed by atoms with Crippen molar-refractivity contribution in [2.24, 2.45) is 0 Å². The number of hydrogen-bond acceptors (Lipinski definition) is 5. The molecule has 2 aromatic rings. The summed E-state index contributed by atoms with van der Waals surface area (Å²) in [4.78, 5) is 11.7. The zero-order valence-corrected chi connectivity index (χ0v) is 15.8. The van der Waals surface area contributed by atoms with E-state index in [1.165, 1.54) is 0 Å². The van der Waals surface area contributed by atoms with Crippen LogP contribution >= 0.6 is 0 Å². The van der Waals surface area contributed by atoms with E-state index in [2.05, 4.69) is 6.58 Å². The van der Waals surface area contributed by atoms with Gasteiger partial charge in [0, 0.05) is 12.5 Å². The van der Waals surface area contributed by atoms with Gasteiger partial charge in [-0.05, 0) is 49.2 Å². The van der Waals surface area contributed by atoms with Crippen molar-refractivity contribution in [2.45, 2.75) is 32.5 Å². The Morgan fingerprint density at radius 3 is 2.00 bits per heavy atom. The predicted octanol–water partition coefficient (Wildman–Crippen LogP) is 3.86. The summed E-state index contributed by atoms with van der Waals surface area (Å²) in [6, 6.07) is 14.6. The summed E-state index contributed by atoms with van der Waals surface area (Å²) in [6.45, 7) is 8.42. The molecule has 0 saturated heterocycles. The third kappa shape index (κ3) is 6.15. The molecular weight excluding hydrogens is 344 g/mol. The lowest BCUT2D eigenvalue weighted by Gasteiger charge is -2.23. The van der Waals surface area contributed by atoms with Crippen molar-refractivity contribution >= 4 is 5.97 Å². The first-order valence-corrected chi connectivity index (χ1v) is 9.03. The highest BCUT2D eigenvalue weighted by atomic mass is 16.6. The lowest BCUT2D eigenvalue weighted by molar-refractivity contribution is -0.149. The first-order valence-electron chi connectivity index (χ1n) is 9.03. The largest absolute Gasteiger partial charge is 0.494 e. The second-order valence-corrected chi connectivity index (χ2v) is 5.91. The molecule has 2 unspecified atom stereocenters. The summed E-state index contributed by atoms with van der Waals surface area (Å²) in [5.41, 5.74) is 1.57. The highest BCUT2D eigenvalue weighted by Crippen LogP contribution is 2.25. The molecule has 1 N–H and O–H groups in total. The molecule has 0 aromatic heterocycles. The fourth-order valence-corrected chi connectivity index (χ4v) is 2.68. The van der Waals surface area contributed by atoms with E-state index in [4.69, 9.17) is 14.2 Å². The second kappa shape index (κ2) is 10.4. The van der Waals surface area contributed by atoms with Crippen molar-refractivity contribution in [2.75, 3.05) is 13.2 Å². The summed E-state index contributed by atoms with van der Waals surface area (Å²) in [7, 11) is 0. The van der Waals surface area contributed by atoms with Crippen LogP contribution in [0.4, 0.5) is 0 Å². The van der Waals surface area contributed by atoms with E-state index in [1.807, 2.05) is 38.1 Å². The smallest absolute Gasteiger partial charge is 0.330 e. The fourth-order valence-electron chi connectivity index (χ4n) is 2.68. The lowest BCUT2D eigenvalue weighted by Crippen LogP contribution is -2.27. The molecule has 0 bridgehead atoms. The normalized spacial score (nSPS) is 12.7. The molecule has 0 aliphatic heterocycles. The number of aliphatic hydroxyl groups is 1. The van der Waals surface area contributed by atoms with Crippen LogP contribution in [0.3, 0.4) is 0 Å². The van der Waals surface area contributed by atoms with E-state index in [1.54, 1.807) is 24.3 Å². The van der Waals surface area contributed by atoms with Crippen LogP contribution in [0.25, 0.3) is 0 Å². The van der Waals surface area contributed by atoms with Gasteiger partial charge in [-0.3, -0.25) is 0 Å². The SMILES string of the molecule is C=CC(=O)OC(Cc1ccc(OCC)cc1)C(O)c1ccc(OCC)cc1. The van der Waals surface area contributed by atoms with Crippen LogP contribution in [0.2, 0.25) is 0 Å². The molecule has 0 amide bonds. The Morgan fingerprint density at radius 1 is 1.00 bits per heavy atom. The summed E-state index contributed by atoms with van der Waals surface area (Å²) in [5, 5.41) is 10.8. The van der Waals surface area contributed by atoms with Gasteiger partial charge in [-0.1, -0.05) is 30.8 Å². The minimum atomic E-state index is -0.976. The number of hydrogen-bond donors (Lipinski definition) is 1. The van der Waals surface area contributed by atoms with Crippen LogP contribution < -0.4 is 9.47 Å². The molecule has 0 fully saturated rings. The molecule has 2 aromatic carbocycles. The molecule has 5 nitrogen and oxygen atoms in total. The number of carbonyl (C=O) groups is 1. The van der Waals surface area contributed by atoms with Gasteiger partial charge in [0.25, 0.3) is 0 Å². The van der Waals surface area contributed by atoms with E-state index in [0.29, 0.717) is 25.2 Å². The van der Waals surface area contributed by atoms with E-state index in [-0.39, 0.29) is 0 Å². The summed E-state index contributed by atoms with van der Waals surface area (Å²) in [5.74, 6) is 0.920. The Morgan fingerprint density at radius 2 is 1.52 bits per heavy atom. The molecule has 2 rings (SSSR count). The molecule has 27 heavy (non-hydrogen) atoms. The molecular formula is C22H26O5. The van der Waals surface area contributed by atoms with E-state index in [0.717, 1.165) is 23.1 Å². The molecule has 0 saturated carbocycles. The van der Waals surface area contributed by atoms with Gasteiger partial charge >= 0.3 is 5.97 Å². The van der Waals surface area contributed by atoms with Crippen molar-refractivity contribution < 1.29 is 24.1 Å². The maximum atomic E-state index is 11.7. The molecule has 5 heteroatoms. The van der Waals surface area contributed by atoms with Crippen molar-refractivity contribution in [3.05, 3.63) is 72.3 Å². The van der Waals surface area contributed by atoms with E-state index < -0.39 is 18.2 Å². The van der Waals surface area contributed by atoms with Gasteiger partial charge in [0.2, 0.25) is 0 Å². The molecule has 2 atom stereocenters. The molecule has 0 aliphatic carbocycles. The van der Waals surface area contributed by atoms with E-state index >= 15 is 0 Å². The Bertz CT molecular complexity index is 721. The average molecular weight is 370 g/mol. The van der Waals surface area contributed by atoms with Crippen molar-refractivity contribution in [3.63, 3.8) is 0 Å². The third-order valence-corrected chi connectivity index (χ3v) is 3.99. The van der Waals surface area contributed by atoms with Crippen LogP contribution in [0.1, 0.15) is 31.1 Å². The molecule has 0 heterocycles. The Hall–Kier alpha value is -2.79. The van der Waals surface area contributed by atoms with Gasteiger partial charge in [0.1, 0.15) is 23.7 Å². The fraction of sp³-hybridized carbons (Fsp3) is 0.318.